The van der Waals surface area contributed by atoms with E-state index in [0.717, 1.165) is 12.0 Å². The average molecular weight is 224 g/mol. The number of carbonyl (C=O) groups excluding carboxylic acids is 1. The van der Waals surface area contributed by atoms with Gasteiger partial charge in [0.1, 0.15) is 5.82 Å². The summed E-state index contributed by atoms with van der Waals surface area (Å²) in [6.07, 6.45) is 1.25. The van der Waals surface area contributed by atoms with Crippen LogP contribution in [0.2, 0.25) is 0 Å². The van der Waals surface area contributed by atoms with Crippen molar-refractivity contribution in [1.29, 1.82) is 0 Å². The number of halogens is 1. The van der Waals surface area contributed by atoms with Gasteiger partial charge in [-0.2, -0.15) is 0 Å². The number of hydrogen-bond acceptors (Lipinski definition) is 2. The fourth-order valence-corrected chi connectivity index (χ4v) is 1.48. The van der Waals surface area contributed by atoms with E-state index >= 15 is 0 Å². The first-order valence-corrected chi connectivity index (χ1v) is 5.58. The molecule has 16 heavy (non-hydrogen) atoms. The monoisotopic (exact) mass is 224 g/mol. The molecule has 0 aliphatic carbocycles. The fourth-order valence-electron chi connectivity index (χ4n) is 1.48. The Kier molecular flexibility index (Phi) is 4.96. The van der Waals surface area contributed by atoms with Gasteiger partial charge in [0.25, 0.3) is 0 Å². The maximum Gasteiger partial charge on any atom is 0.305 e. The van der Waals surface area contributed by atoms with Crippen molar-refractivity contribution < 1.29 is 13.9 Å². The zero-order chi connectivity index (χ0) is 12.0. The molecule has 0 N–H and O–H groups in total. The van der Waals surface area contributed by atoms with E-state index in [-0.39, 0.29) is 17.7 Å². The Hall–Kier alpha value is -1.38. The summed E-state index contributed by atoms with van der Waals surface area (Å²) in [6.45, 7) is 4.16. The molecule has 0 saturated carbocycles. The van der Waals surface area contributed by atoms with E-state index in [4.69, 9.17) is 4.74 Å². The highest BCUT2D eigenvalue weighted by molar-refractivity contribution is 5.68. The van der Waals surface area contributed by atoms with Crippen LogP contribution in [0.15, 0.2) is 24.3 Å². The lowest BCUT2D eigenvalue weighted by Gasteiger charge is -2.15. The molecular weight excluding hydrogens is 207 g/mol. The summed E-state index contributed by atoms with van der Waals surface area (Å²) in [7, 11) is 0. The lowest BCUT2D eigenvalue weighted by atomic mass is 9.97. The largest absolute Gasteiger partial charge is 0.465 e. The standard InChI is InChI=1S/C13H17FO2/c1-3-10(9-16-13(15)4-2)11-5-7-12(14)8-6-11/h5-8,10H,3-4,9H2,1-2H3/t10-/m1/s1. The predicted octanol–water partition coefficient (Wildman–Crippen LogP) is 3.27. The zero-order valence-electron chi connectivity index (χ0n) is 9.70. The smallest absolute Gasteiger partial charge is 0.305 e. The van der Waals surface area contributed by atoms with Crippen molar-refractivity contribution >= 4 is 5.97 Å². The molecule has 1 rings (SSSR count). The van der Waals surface area contributed by atoms with Crippen LogP contribution < -0.4 is 0 Å². The van der Waals surface area contributed by atoms with Gasteiger partial charge in [0, 0.05) is 12.3 Å². The van der Waals surface area contributed by atoms with Crippen LogP contribution in [0.4, 0.5) is 4.39 Å². The normalized spacial score (nSPS) is 12.2. The van der Waals surface area contributed by atoms with E-state index in [1.807, 2.05) is 6.92 Å². The average Bonchev–Trinajstić information content (AvgIpc) is 2.31. The number of hydrogen-bond donors (Lipinski definition) is 0. The summed E-state index contributed by atoms with van der Waals surface area (Å²) in [6, 6.07) is 6.34. The molecule has 0 heterocycles. The fraction of sp³-hybridized carbons (Fsp3) is 0.462. The van der Waals surface area contributed by atoms with Crippen LogP contribution >= 0.6 is 0 Å². The topological polar surface area (TPSA) is 26.3 Å². The van der Waals surface area contributed by atoms with E-state index < -0.39 is 0 Å². The van der Waals surface area contributed by atoms with Crippen molar-refractivity contribution in [1.82, 2.24) is 0 Å². The van der Waals surface area contributed by atoms with E-state index in [0.29, 0.717) is 13.0 Å². The predicted molar refractivity (Wildman–Crippen MR) is 60.7 cm³/mol. The van der Waals surface area contributed by atoms with Crippen molar-refractivity contribution in [2.24, 2.45) is 0 Å². The Bertz CT molecular complexity index is 332. The van der Waals surface area contributed by atoms with Crippen LogP contribution in [-0.2, 0) is 9.53 Å². The number of ether oxygens (including phenoxy) is 1. The number of benzene rings is 1. The van der Waals surface area contributed by atoms with E-state index in [1.165, 1.54) is 12.1 Å². The van der Waals surface area contributed by atoms with Crippen LogP contribution in [0.3, 0.4) is 0 Å². The zero-order valence-corrected chi connectivity index (χ0v) is 9.70. The minimum Gasteiger partial charge on any atom is -0.465 e. The van der Waals surface area contributed by atoms with Gasteiger partial charge in [0.2, 0.25) is 0 Å². The van der Waals surface area contributed by atoms with Gasteiger partial charge < -0.3 is 4.74 Å². The third-order valence-corrected chi connectivity index (χ3v) is 2.57. The van der Waals surface area contributed by atoms with E-state index in [1.54, 1.807) is 19.1 Å². The van der Waals surface area contributed by atoms with E-state index in [9.17, 15) is 9.18 Å². The van der Waals surface area contributed by atoms with E-state index in [2.05, 4.69) is 0 Å². The van der Waals surface area contributed by atoms with Gasteiger partial charge in [0.05, 0.1) is 6.61 Å². The molecule has 1 aromatic carbocycles. The molecule has 3 heteroatoms. The van der Waals surface area contributed by atoms with Crippen LogP contribution in [0.5, 0.6) is 0 Å². The second-order valence-electron chi connectivity index (χ2n) is 3.69. The molecule has 88 valence electrons. The Morgan fingerprint density at radius 1 is 1.31 bits per heavy atom. The Morgan fingerprint density at radius 2 is 1.94 bits per heavy atom. The molecule has 0 saturated heterocycles. The molecule has 0 bridgehead atoms. The van der Waals surface area contributed by atoms with Gasteiger partial charge in [-0.15, -0.1) is 0 Å². The molecular formula is C13H17FO2. The molecule has 0 fully saturated rings. The number of rotatable bonds is 5. The number of esters is 1. The molecule has 0 aromatic heterocycles. The first-order valence-electron chi connectivity index (χ1n) is 5.58. The van der Waals surface area contributed by atoms with Gasteiger partial charge in [-0.3, -0.25) is 4.79 Å². The second kappa shape index (κ2) is 6.26. The highest BCUT2D eigenvalue weighted by Gasteiger charge is 2.11. The Balaban J connectivity index is 2.60. The van der Waals surface area contributed by atoms with Gasteiger partial charge in [0.15, 0.2) is 0 Å². The Labute approximate surface area is 95.4 Å². The SMILES string of the molecule is CCC(=O)OC[C@@H](CC)c1ccc(F)cc1. The quantitative estimate of drug-likeness (QED) is 0.717. The lowest BCUT2D eigenvalue weighted by Crippen LogP contribution is -2.11. The second-order valence-corrected chi connectivity index (χ2v) is 3.69. The van der Waals surface area contributed by atoms with Gasteiger partial charge in [-0.25, -0.2) is 4.39 Å². The summed E-state index contributed by atoms with van der Waals surface area (Å²) >= 11 is 0. The summed E-state index contributed by atoms with van der Waals surface area (Å²) in [5.41, 5.74) is 1.01. The maximum absolute atomic E-state index is 12.7. The van der Waals surface area contributed by atoms with Crippen molar-refractivity contribution in [2.45, 2.75) is 32.6 Å². The molecule has 0 amide bonds. The molecule has 0 aliphatic heterocycles. The summed E-state index contributed by atoms with van der Waals surface area (Å²) in [5, 5.41) is 0. The van der Waals surface area contributed by atoms with Crippen molar-refractivity contribution in [3.8, 4) is 0 Å². The van der Waals surface area contributed by atoms with Gasteiger partial charge >= 0.3 is 5.97 Å². The highest BCUT2D eigenvalue weighted by Crippen LogP contribution is 2.20. The van der Waals surface area contributed by atoms with Gasteiger partial charge in [-0.05, 0) is 24.1 Å². The van der Waals surface area contributed by atoms with Crippen LogP contribution in [0, 0.1) is 5.82 Å². The summed E-state index contributed by atoms with van der Waals surface area (Å²) < 4.78 is 17.8. The van der Waals surface area contributed by atoms with Crippen molar-refractivity contribution in [3.05, 3.63) is 35.6 Å². The molecule has 0 radical (unpaired) electrons. The minimum absolute atomic E-state index is 0.149. The Morgan fingerprint density at radius 3 is 2.44 bits per heavy atom. The molecule has 0 spiro atoms. The van der Waals surface area contributed by atoms with Crippen LogP contribution in [-0.4, -0.2) is 12.6 Å². The maximum atomic E-state index is 12.7. The van der Waals surface area contributed by atoms with Gasteiger partial charge in [-0.1, -0.05) is 26.0 Å². The lowest BCUT2D eigenvalue weighted by molar-refractivity contribution is -0.143. The highest BCUT2D eigenvalue weighted by atomic mass is 19.1. The van der Waals surface area contributed by atoms with Crippen molar-refractivity contribution in [3.63, 3.8) is 0 Å². The molecule has 1 atom stereocenters. The molecule has 0 aliphatic rings. The van der Waals surface area contributed by atoms with Crippen LogP contribution in [0.1, 0.15) is 38.2 Å². The molecule has 0 unspecified atom stereocenters. The number of carbonyl (C=O) groups is 1. The van der Waals surface area contributed by atoms with Crippen LogP contribution in [0.25, 0.3) is 0 Å². The third-order valence-electron chi connectivity index (χ3n) is 2.57. The van der Waals surface area contributed by atoms with Crippen molar-refractivity contribution in [2.75, 3.05) is 6.61 Å². The summed E-state index contributed by atoms with van der Waals surface area (Å²) in [4.78, 5) is 11.0. The minimum atomic E-state index is -0.246. The first-order chi connectivity index (χ1) is 7.67. The molecule has 1 aromatic rings. The third kappa shape index (κ3) is 3.65. The molecule has 2 nitrogen and oxygen atoms in total. The summed E-state index contributed by atoms with van der Waals surface area (Å²) in [5.74, 6) is -0.291. The first kappa shape index (κ1) is 12.7.